The number of halogens is 4. The summed E-state index contributed by atoms with van der Waals surface area (Å²) >= 11 is 26.1. The number of ether oxygens (including phenoxy) is 2. The van der Waals surface area contributed by atoms with Gasteiger partial charge in [0.25, 0.3) is 0 Å². The molecule has 184 valence electrons. The number of hydrogen-bond acceptors (Lipinski definition) is 4. The largest absolute Gasteiger partial charge is 0.459 e. The first-order valence-corrected chi connectivity index (χ1v) is 12.6. The molecule has 0 aliphatic carbocycles. The Bertz CT molecular complexity index is 859. The highest BCUT2D eigenvalue weighted by molar-refractivity contribution is 6.38. The van der Waals surface area contributed by atoms with Crippen molar-refractivity contribution in [2.45, 2.75) is 84.2 Å². The van der Waals surface area contributed by atoms with Crippen LogP contribution in [0.4, 0.5) is 0 Å². The molecule has 2 N–H and O–H groups in total. The fourth-order valence-corrected chi connectivity index (χ4v) is 4.50. The highest BCUT2D eigenvalue weighted by Crippen LogP contribution is 2.45. The average Bonchev–Trinajstić information content (AvgIpc) is 2.78. The van der Waals surface area contributed by atoms with Gasteiger partial charge >= 0.3 is 0 Å². The third-order valence-electron chi connectivity index (χ3n) is 6.23. The molecule has 0 atom stereocenters. The average molecular weight is 538 g/mol. The van der Waals surface area contributed by atoms with Gasteiger partial charge in [0.15, 0.2) is 11.5 Å². The summed E-state index contributed by atoms with van der Waals surface area (Å²) in [6.45, 7) is 11.3. The molecular formula is C25H32Cl4O4. The monoisotopic (exact) mass is 536 g/mol. The van der Waals surface area contributed by atoms with Gasteiger partial charge in [0.1, 0.15) is 0 Å². The van der Waals surface area contributed by atoms with Gasteiger partial charge in [0.2, 0.25) is 11.6 Å². The standard InChI is InChI=1S/C25H32Cl4O4/c1-7-24(30,8-2)32-21-17(26)11-15(12-18(21)27)23(5,6)16-13-19(28)22(20(29)14-16)33-25(31,9-3)10-4/h11-14,30-31H,7-10H2,1-6H3. The zero-order chi connectivity index (χ0) is 25.2. The first-order valence-electron chi connectivity index (χ1n) is 11.1. The van der Waals surface area contributed by atoms with Gasteiger partial charge in [-0.2, -0.15) is 0 Å². The Hall–Kier alpha value is -0.880. The van der Waals surface area contributed by atoms with Crippen molar-refractivity contribution in [3.05, 3.63) is 55.5 Å². The molecule has 33 heavy (non-hydrogen) atoms. The predicted molar refractivity (Wildman–Crippen MR) is 137 cm³/mol. The smallest absolute Gasteiger partial charge is 0.207 e. The Balaban J connectivity index is 2.48. The van der Waals surface area contributed by atoms with Gasteiger partial charge in [-0.15, -0.1) is 0 Å². The minimum atomic E-state index is -1.35. The first-order chi connectivity index (χ1) is 15.3. The van der Waals surface area contributed by atoms with Crippen molar-refractivity contribution < 1.29 is 19.7 Å². The lowest BCUT2D eigenvalue weighted by Gasteiger charge is -2.31. The highest BCUT2D eigenvalue weighted by Gasteiger charge is 2.32. The van der Waals surface area contributed by atoms with Gasteiger partial charge < -0.3 is 19.7 Å². The van der Waals surface area contributed by atoms with Crippen LogP contribution >= 0.6 is 46.4 Å². The Morgan fingerprint density at radius 1 is 0.606 bits per heavy atom. The lowest BCUT2D eigenvalue weighted by atomic mass is 9.78. The van der Waals surface area contributed by atoms with E-state index in [0.717, 1.165) is 11.1 Å². The van der Waals surface area contributed by atoms with Crippen LogP contribution < -0.4 is 9.47 Å². The van der Waals surface area contributed by atoms with E-state index in [1.54, 1.807) is 24.3 Å². The van der Waals surface area contributed by atoms with Crippen LogP contribution in [0.2, 0.25) is 20.1 Å². The quantitative estimate of drug-likeness (QED) is 0.298. The zero-order valence-corrected chi connectivity index (χ0v) is 22.9. The maximum absolute atomic E-state index is 10.5. The third kappa shape index (κ3) is 6.22. The van der Waals surface area contributed by atoms with Crippen LogP contribution in [0, 0.1) is 0 Å². The molecule has 0 spiro atoms. The number of benzene rings is 2. The van der Waals surface area contributed by atoms with Crippen molar-refractivity contribution in [2.24, 2.45) is 0 Å². The maximum Gasteiger partial charge on any atom is 0.207 e. The molecule has 2 rings (SSSR count). The van der Waals surface area contributed by atoms with E-state index in [9.17, 15) is 10.2 Å². The summed E-state index contributed by atoms with van der Waals surface area (Å²) < 4.78 is 11.5. The van der Waals surface area contributed by atoms with Gasteiger partial charge in [0.05, 0.1) is 20.1 Å². The SMILES string of the molecule is CCC(O)(CC)Oc1c(Cl)cc(C(C)(C)c2cc(Cl)c(OC(O)(CC)CC)c(Cl)c2)cc1Cl. The van der Waals surface area contributed by atoms with Crippen LogP contribution in [0.1, 0.15) is 78.4 Å². The predicted octanol–water partition coefficient (Wildman–Crippen LogP) is 8.40. The van der Waals surface area contributed by atoms with E-state index in [0.29, 0.717) is 45.8 Å². The Morgan fingerprint density at radius 3 is 1.06 bits per heavy atom. The van der Waals surface area contributed by atoms with Crippen LogP contribution in [0.25, 0.3) is 0 Å². The first kappa shape index (κ1) is 28.4. The minimum Gasteiger partial charge on any atom is -0.459 e. The fourth-order valence-electron chi connectivity index (χ4n) is 3.37. The molecule has 0 fully saturated rings. The van der Waals surface area contributed by atoms with E-state index in [4.69, 9.17) is 55.9 Å². The molecule has 0 amide bonds. The molecular weight excluding hydrogens is 506 g/mol. The molecule has 0 unspecified atom stereocenters. The summed E-state index contributed by atoms with van der Waals surface area (Å²) in [5.74, 6) is -2.22. The lowest BCUT2D eigenvalue weighted by molar-refractivity contribution is -0.141. The normalized spacial score (nSPS) is 12.7. The van der Waals surface area contributed by atoms with Crippen molar-refractivity contribution in [1.82, 2.24) is 0 Å². The Morgan fingerprint density at radius 2 is 0.848 bits per heavy atom. The molecule has 2 aromatic rings. The summed E-state index contributed by atoms with van der Waals surface area (Å²) in [4.78, 5) is 0. The van der Waals surface area contributed by atoms with E-state index in [2.05, 4.69) is 0 Å². The molecule has 0 aliphatic heterocycles. The van der Waals surface area contributed by atoms with Crippen LogP contribution in [0.3, 0.4) is 0 Å². The molecule has 0 bridgehead atoms. The van der Waals surface area contributed by atoms with Crippen molar-refractivity contribution in [3.63, 3.8) is 0 Å². The zero-order valence-electron chi connectivity index (χ0n) is 19.9. The van der Waals surface area contributed by atoms with E-state index >= 15 is 0 Å². The minimum absolute atomic E-state index is 0.238. The third-order valence-corrected chi connectivity index (χ3v) is 7.36. The summed E-state index contributed by atoms with van der Waals surface area (Å²) in [5, 5.41) is 22.2. The highest BCUT2D eigenvalue weighted by atomic mass is 35.5. The van der Waals surface area contributed by atoms with Crippen molar-refractivity contribution >= 4 is 46.4 Å². The molecule has 8 heteroatoms. The second-order valence-electron chi connectivity index (χ2n) is 8.67. The Labute approximate surface area is 216 Å². The van der Waals surface area contributed by atoms with Gasteiger partial charge in [-0.3, -0.25) is 0 Å². The van der Waals surface area contributed by atoms with Crippen LogP contribution in [0.15, 0.2) is 24.3 Å². The van der Waals surface area contributed by atoms with E-state index in [-0.39, 0.29) is 11.5 Å². The Kier molecular flexibility index (Phi) is 9.28. The van der Waals surface area contributed by atoms with Crippen molar-refractivity contribution in [1.29, 1.82) is 0 Å². The lowest BCUT2D eigenvalue weighted by Crippen LogP contribution is -2.34. The van der Waals surface area contributed by atoms with Crippen LogP contribution in [-0.2, 0) is 5.41 Å². The van der Waals surface area contributed by atoms with E-state index in [1.165, 1.54) is 0 Å². The van der Waals surface area contributed by atoms with Gasteiger partial charge in [-0.1, -0.05) is 87.9 Å². The maximum atomic E-state index is 10.5. The summed E-state index contributed by atoms with van der Waals surface area (Å²) in [6, 6.07) is 7.03. The number of hydrogen-bond donors (Lipinski definition) is 2. The number of rotatable bonds is 10. The molecule has 0 saturated carbocycles. The molecule has 0 aliphatic rings. The summed E-state index contributed by atoms with van der Waals surface area (Å²) in [7, 11) is 0. The number of aliphatic hydroxyl groups is 2. The van der Waals surface area contributed by atoms with Gasteiger partial charge in [-0.05, 0) is 35.4 Å². The summed E-state index contributed by atoms with van der Waals surface area (Å²) in [6.07, 6.45) is 1.56. The van der Waals surface area contributed by atoms with E-state index < -0.39 is 17.0 Å². The van der Waals surface area contributed by atoms with Crippen molar-refractivity contribution in [3.8, 4) is 11.5 Å². The fraction of sp³-hybridized carbons (Fsp3) is 0.520. The molecule has 0 aromatic heterocycles. The summed E-state index contributed by atoms with van der Waals surface area (Å²) in [5.41, 5.74) is 1.02. The van der Waals surface area contributed by atoms with Crippen LogP contribution in [0.5, 0.6) is 11.5 Å². The second-order valence-corrected chi connectivity index (χ2v) is 10.3. The molecule has 0 radical (unpaired) electrons. The molecule has 0 heterocycles. The molecule has 2 aromatic carbocycles. The molecule has 4 nitrogen and oxygen atoms in total. The van der Waals surface area contributed by atoms with Gasteiger partial charge in [0, 0.05) is 31.1 Å². The topological polar surface area (TPSA) is 58.9 Å². The van der Waals surface area contributed by atoms with Crippen molar-refractivity contribution in [2.75, 3.05) is 0 Å². The second kappa shape index (κ2) is 10.8. The van der Waals surface area contributed by atoms with E-state index in [1.807, 2.05) is 41.5 Å². The van der Waals surface area contributed by atoms with Gasteiger partial charge in [-0.25, -0.2) is 0 Å². The van der Waals surface area contributed by atoms with Crippen LogP contribution in [-0.4, -0.2) is 21.8 Å². The molecule has 0 saturated heterocycles.